The average Bonchev–Trinajstić information content (AvgIpc) is 2.98. The summed E-state index contributed by atoms with van der Waals surface area (Å²) in [5, 5.41) is 3.07. The number of halogens is 1. The minimum absolute atomic E-state index is 0.225. The molecule has 7 heteroatoms. The van der Waals surface area contributed by atoms with E-state index < -0.39 is 5.97 Å². The van der Waals surface area contributed by atoms with E-state index in [0.717, 1.165) is 11.5 Å². The fraction of sp³-hybridized carbons (Fsp3) is 0.250. The van der Waals surface area contributed by atoms with Gasteiger partial charge in [0.1, 0.15) is 11.4 Å². The van der Waals surface area contributed by atoms with Crippen molar-refractivity contribution in [2.24, 2.45) is 0 Å². The van der Waals surface area contributed by atoms with E-state index in [-0.39, 0.29) is 23.8 Å². The van der Waals surface area contributed by atoms with Crippen LogP contribution < -0.4 is 10.1 Å². The van der Waals surface area contributed by atoms with Crippen LogP contribution in [0.1, 0.15) is 26.4 Å². The van der Waals surface area contributed by atoms with Gasteiger partial charge in [0, 0.05) is 24.2 Å². The predicted molar refractivity (Wildman–Crippen MR) is 84.9 cm³/mol. The van der Waals surface area contributed by atoms with Crippen LogP contribution in [0, 0.1) is 18.2 Å². The number of nitrogens with zero attached hydrogens (tertiary/aromatic N) is 1. The highest BCUT2D eigenvalue weighted by atomic mass is 32.1. The van der Waals surface area contributed by atoms with Gasteiger partial charge in [-0.15, -0.1) is 6.42 Å². The number of carbonyl (C=O) groups excluding carboxylic acids is 1. The lowest BCUT2D eigenvalue weighted by Crippen LogP contribution is -2.15. The summed E-state index contributed by atoms with van der Waals surface area (Å²) in [6, 6.07) is 4.62. The van der Waals surface area contributed by atoms with Crippen molar-refractivity contribution in [1.82, 2.24) is 9.69 Å². The zero-order chi connectivity index (χ0) is 16.8. The quantitative estimate of drug-likeness (QED) is 0.649. The molecule has 0 spiro atoms. The molecule has 2 rings (SSSR count). The van der Waals surface area contributed by atoms with Crippen molar-refractivity contribution in [2.45, 2.75) is 13.1 Å². The van der Waals surface area contributed by atoms with E-state index in [0.29, 0.717) is 22.5 Å². The lowest BCUT2D eigenvalue weighted by Gasteiger charge is -2.07. The number of nitrogens with one attached hydrogen (secondary N) is 1. The second-order valence-electron chi connectivity index (χ2n) is 4.54. The number of methoxy groups -OCH3 is 2. The molecule has 1 aromatic carbocycles. The summed E-state index contributed by atoms with van der Waals surface area (Å²) in [5.41, 5.74) is 1.27. The molecule has 0 fully saturated rings. The molecule has 0 aliphatic heterocycles. The standard InChI is InChI=1S/C16H15FN2O3S/c1-4-10-5-6-11(12(17)7-10)8-18-9-13-14(16(20)22-3)15(21-2)19-23-13/h1,5-7,18H,8-9H2,2-3H3. The average molecular weight is 334 g/mol. The summed E-state index contributed by atoms with van der Waals surface area (Å²) in [6.45, 7) is 0.624. The topological polar surface area (TPSA) is 60.5 Å². The third kappa shape index (κ3) is 3.86. The first-order valence-electron chi connectivity index (χ1n) is 6.67. The molecule has 0 amide bonds. The van der Waals surface area contributed by atoms with Crippen LogP contribution in [-0.2, 0) is 17.8 Å². The molecule has 1 heterocycles. The summed E-state index contributed by atoms with van der Waals surface area (Å²) in [5.74, 6) is 1.72. The molecule has 0 saturated heterocycles. The van der Waals surface area contributed by atoms with Crippen LogP contribution in [0.25, 0.3) is 0 Å². The van der Waals surface area contributed by atoms with Gasteiger partial charge in [0.15, 0.2) is 0 Å². The molecular weight excluding hydrogens is 319 g/mol. The molecule has 120 valence electrons. The van der Waals surface area contributed by atoms with Gasteiger partial charge < -0.3 is 14.8 Å². The predicted octanol–water partition coefficient (Wildman–Crippen LogP) is 2.35. The van der Waals surface area contributed by atoms with Crippen LogP contribution in [0.5, 0.6) is 5.88 Å². The van der Waals surface area contributed by atoms with Gasteiger partial charge in [-0.1, -0.05) is 12.0 Å². The Hall–Kier alpha value is -2.43. The van der Waals surface area contributed by atoms with E-state index >= 15 is 0 Å². The first kappa shape index (κ1) is 16.9. The second kappa shape index (κ2) is 7.72. The highest BCUT2D eigenvalue weighted by Gasteiger charge is 2.22. The number of benzene rings is 1. The van der Waals surface area contributed by atoms with Crippen LogP contribution in [0.4, 0.5) is 4.39 Å². The maximum atomic E-state index is 13.8. The van der Waals surface area contributed by atoms with E-state index in [1.807, 2.05) is 0 Å². The lowest BCUT2D eigenvalue weighted by molar-refractivity contribution is 0.0596. The third-order valence-electron chi connectivity index (χ3n) is 3.14. The van der Waals surface area contributed by atoms with Crippen LogP contribution >= 0.6 is 11.5 Å². The Bertz CT molecular complexity index is 752. The fourth-order valence-electron chi connectivity index (χ4n) is 1.96. The minimum Gasteiger partial charge on any atom is -0.480 e. The van der Waals surface area contributed by atoms with Gasteiger partial charge in [-0.2, -0.15) is 4.37 Å². The van der Waals surface area contributed by atoms with Crippen molar-refractivity contribution in [3.8, 4) is 18.2 Å². The Balaban J connectivity index is 2.06. The highest BCUT2D eigenvalue weighted by Crippen LogP contribution is 2.26. The van der Waals surface area contributed by atoms with Gasteiger partial charge in [-0.25, -0.2) is 9.18 Å². The first-order valence-corrected chi connectivity index (χ1v) is 7.44. The number of aromatic nitrogens is 1. The number of hydrogen-bond acceptors (Lipinski definition) is 6. The summed E-state index contributed by atoms with van der Waals surface area (Å²) >= 11 is 1.13. The van der Waals surface area contributed by atoms with Gasteiger partial charge in [0.05, 0.1) is 19.1 Å². The molecule has 0 aliphatic carbocycles. The van der Waals surface area contributed by atoms with Gasteiger partial charge >= 0.3 is 5.97 Å². The van der Waals surface area contributed by atoms with E-state index in [2.05, 4.69) is 15.6 Å². The largest absolute Gasteiger partial charge is 0.480 e. The van der Waals surface area contributed by atoms with Crippen molar-refractivity contribution in [3.05, 3.63) is 45.6 Å². The number of rotatable bonds is 6. The molecule has 0 unspecified atom stereocenters. The van der Waals surface area contributed by atoms with Crippen molar-refractivity contribution in [3.63, 3.8) is 0 Å². The van der Waals surface area contributed by atoms with Gasteiger partial charge in [-0.05, 0) is 23.7 Å². The van der Waals surface area contributed by atoms with Gasteiger partial charge in [0.2, 0.25) is 5.88 Å². The molecule has 0 aliphatic rings. The number of ether oxygens (including phenoxy) is 2. The molecule has 1 aromatic heterocycles. The molecule has 1 N–H and O–H groups in total. The Morgan fingerprint density at radius 1 is 1.43 bits per heavy atom. The molecule has 2 aromatic rings. The molecular formula is C16H15FN2O3S. The fourth-order valence-corrected chi connectivity index (χ4v) is 2.75. The monoisotopic (exact) mass is 334 g/mol. The normalized spacial score (nSPS) is 10.2. The van der Waals surface area contributed by atoms with Crippen LogP contribution in [0.2, 0.25) is 0 Å². The van der Waals surface area contributed by atoms with E-state index in [1.165, 1.54) is 20.3 Å². The molecule has 5 nitrogen and oxygen atoms in total. The van der Waals surface area contributed by atoms with Crippen LogP contribution in [-0.4, -0.2) is 24.6 Å². The van der Waals surface area contributed by atoms with Crippen molar-refractivity contribution >= 4 is 17.5 Å². The van der Waals surface area contributed by atoms with Crippen molar-refractivity contribution in [1.29, 1.82) is 0 Å². The highest BCUT2D eigenvalue weighted by molar-refractivity contribution is 7.06. The number of carbonyl (C=O) groups is 1. The Kier molecular flexibility index (Phi) is 5.68. The summed E-state index contributed by atoms with van der Waals surface area (Å²) < 4.78 is 27.7. The smallest absolute Gasteiger partial charge is 0.344 e. The Morgan fingerprint density at radius 3 is 2.83 bits per heavy atom. The van der Waals surface area contributed by atoms with Gasteiger partial charge in [0.25, 0.3) is 0 Å². The second-order valence-corrected chi connectivity index (χ2v) is 5.39. The van der Waals surface area contributed by atoms with E-state index in [1.54, 1.807) is 12.1 Å². The van der Waals surface area contributed by atoms with Crippen LogP contribution in [0.3, 0.4) is 0 Å². The zero-order valence-electron chi connectivity index (χ0n) is 12.7. The molecule has 0 saturated carbocycles. The number of hydrogen-bond donors (Lipinski definition) is 1. The molecule has 0 bridgehead atoms. The lowest BCUT2D eigenvalue weighted by atomic mass is 10.1. The van der Waals surface area contributed by atoms with Crippen molar-refractivity contribution < 1.29 is 18.7 Å². The molecule has 23 heavy (non-hydrogen) atoms. The maximum absolute atomic E-state index is 13.8. The van der Waals surface area contributed by atoms with Gasteiger partial charge in [-0.3, -0.25) is 0 Å². The molecule has 0 radical (unpaired) electrons. The SMILES string of the molecule is C#Cc1ccc(CNCc2snc(OC)c2C(=O)OC)c(F)c1. The minimum atomic E-state index is -0.517. The zero-order valence-corrected chi connectivity index (χ0v) is 13.5. The Labute approximate surface area is 137 Å². The molecule has 0 atom stereocenters. The Morgan fingerprint density at radius 2 is 2.22 bits per heavy atom. The first-order chi connectivity index (χ1) is 11.1. The van der Waals surface area contributed by atoms with E-state index in [4.69, 9.17) is 15.9 Å². The number of terminal acetylenes is 1. The maximum Gasteiger partial charge on any atom is 0.344 e. The van der Waals surface area contributed by atoms with Crippen LogP contribution in [0.15, 0.2) is 18.2 Å². The van der Waals surface area contributed by atoms with Crippen molar-refractivity contribution in [2.75, 3.05) is 14.2 Å². The third-order valence-corrected chi connectivity index (χ3v) is 3.96. The summed E-state index contributed by atoms with van der Waals surface area (Å²) in [4.78, 5) is 12.5. The summed E-state index contributed by atoms with van der Waals surface area (Å²) in [6.07, 6.45) is 5.23. The number of esters is 1. The summed E-state index contributed by atoms with van der Waals surface area (Å²) in [7, 11) is 2.72. The van der Waals surface area contributed by atoms with E-state index in [9.17, 15) is 9.18 Å².